The third kappa shape index (κ3) is 2.93. The lowest BCUT2D eigenvalue weighted by molar-refractivity contribution is -0.142. The van der Waals surface area contributed by atoms with Gasteiger partial charge in [0.1, 0.15) is 5.69 Å². The molecule has 21 heavy (non-hydrogen) atoms. The van der Waals surface area contributed by atoms with E-state index in [1.54, 1.807) is 0 Å². The first kappa shape index (κ1) is 15.5. The van der Waals surface area contributed by atoms with Crippen molar-refractivity contribution >= 4 is 11.7 Å². The maximum Gasteiger partial charge on any atom is 0.306 e. The van der Waals surface area contributed by atoms with Gasteiger partial charge < -0.3 is 10.4 Å². The highest BCUT2D eigenvalue weighted by atomic mass is 19.2. The summed E-state index contributed by atoms with van der Waals surface area (Å²) in [7, 11) is 0. The Balaban J connectivity index is 2.26. The van der Waals surface area contributed by atoms with E-state index in [1.807, 2.05) is 0 Å². The average Bonchev–Trinajstić information content (AvgIpc) is 2.48. The third-order valence-corrected chi connectivity index (χ3v) is 3.58. The Bertz CT molecular complexity index is 549. The number of halogens is 5. The van der Waals surface area contributed by atoms with Crippen LogP contribution in [0.25, 0.3) is 0 Å². The zero-order chi connectivity index (χ0) is 15.7. The molecule has 1 aromatic carbocycles. The van der Waals surface area contributed by atoms with Crippen molar-refractivity contribution in [1.29, 1.82) is 0 Å². The predicted octanol–water partition coefficient (Wildman–Crippen LogP) is 3.44. The van der Waals surface area contributed by atoms with E-state index in [1.165, 1.54) is 0 Å². The molecule has 3 nitrogen and oxygen atoms in total. The minimum absolute atomic E-state index is 0.0643. The molecule has 0 aromatic heterocycles. The summed E-state index contributed by atoms with van der Waals surface area (Å²) in [5, 5.41) is 11.2. The second-order valence-electron chi connectivity index (χ2n) is 4.99. The predicted molar refractivity (Wildman–Crippen MR) is 63.2 cm³/mol. The van der Waals surface area contributed by atoms with Crippen molar-refractivity contribution in [2.75, 3.05) is 5.32 Å². The number of benzene rings is 1. The molecule has 0 aliphatic heterocycles. The van der Waals surface area contributed by atoms with Crippen molar-refractivity contribution in [3.8, 4) is 0 Å². The van der Waals surface area contributed by atoms with E-state index in [0.717, 1.165) is 0 Å². The summed E-state index contributed by atoms with van der Waals surface area (Å²) in [4.78, 5) is 10.9. The van der Waals surface area contributed by atoms with E-state index < -0.39 is 52.7 Å². The van der Waals surface area contributed by atoms with E-state index in [4.69, 9.17) is 5.11 Å². The van der Waals surface area contributed by atoms with Crippen molar-refractivity contribution in [1.82, 2.24) is 0 Å². The van der Waals surface area contributed by atoms with Crippen molar-refractivity contribution in [3.63, 3.8) is 0 Å². The van der Waals surface area contributed by atoms with Gasteiger partial charge in [0, 0.05) is 6.04 Å². The van der Waals surface area contributed by atoms with Gasteiger partial charge in [-0.1, -0.05) is 6.42 Å². The Morgan fingerprint density at radius 1 is 0.952 bits per heavy atom. The summed E-state index contributed by atoms with van der Waals surface area (Å²) in [6, 6.07) is -0.659. The zero-order valence-corrected chi connectivity index (χ0v) is 10.7. The van der Waals surface area contributed by atoms with Gasteiger partial charge >= 0.3 is 5.97 Å². The lowest BCUT2D eigenvalue weighted by Gasteiger charge is -2.28. The Morgan fingerprint density at radius 3 is 2.00 bits per heavy atom. The lowest BCUT2D eigenvalue weighted by atomic mass is 9.85. The van der Waals surface area contributed by atoms with Crippen LogP contribution in [0.1, 0.15) is 25.7 Å². The quantitative estimate of drug-likeness (QED) is 0.511. The molecule has 2 unspecified atom stereocenters. The smallest absolute Gasteiger partial charge is 0.306 e. The summed E-state index contributed by atoms with van der Waals surface area (Å²) < 4.78 is 66.1. The molecule has 0 spiro atoms. The number of rotatable bonds is 3. The third-order valence-electron chi connectivity index (χ3n) is 3.58. The van der Waals surface area contributed by atoms with Gasteiger partial charge in [0.05, 0.1) is 5.92 Å². The number of hydrogen-bond donors (Lipinski definition) is 2. The van der Waals surface area contributed by atoms with E-state index in [-0.39, 0.29) is 6.42 Å². The molecule has 2 rings (SSSR count). The van der Waals surface area contributed by atoms with Gasteiger partial charge in [0.25, 0.3) is 0 Å². The van der Waals surface area contributed by atoms with Gasteiger partial charge in [-0.05, 0) is 19.3 Å². The molecule has 1 aliphatic rings. The van der Waals surface area contributed by atoms with Crippen LogP contribution < -0.4 is 5.32 Å². The summed E-state index contributed by atoms with van der Waals surface area (Å²) in [5.74, 6) is -11.9. The van der Waals surface area contributed by atoms with Gasteiger partial charge in [-0.2, -0.15) is 0 Å². The molecule has 1 aliphatic carbocycles. The maximum absolute atomic E-state index is 13.5. The summed E-state index contributed by atoms with van der Waals surface area (Å²) in [5.41, 5.74) is -1.11. The van der Waals surface area contributed by atoms with Crippen LogP contribution in [0.4, 0.5) is 27.6 Å². The normalized spacial score (nSPS) is 22.1. The number of anilines is 1. The van der Waals surface area contributed by atoms with Gasteiger partial charge in [-0.15, -0.1) is 0 Å². The number of carboxylic acids is 1. The first-order valence-corrected chi connectivity index (χ1v) is 6.33. The van der Waals surface area contributed by atoms with Crippen LogP contribution in [0.15, 0.2) is 0 Å². The largest absolute Gasteiger partial charge is 0.481 e. The first-order valence-electron chi connectivity index (χ1n) is 6.33. The van der Waals surface area contributed by atoms with E-state index in [9.17, 15) is 26.7 Å². The van der Waals surface area contributed by atoms with Crippen LogP contribution >= 0.6 is 0 Å². The van der Waals surface area contributed by atoms with E-state index in [0.29, 0.717) is 19.3 Å². The summed E-state index contributed by atoms with van der Waals surface area (Å²) >= 11 is 0. The van der Waals surface area contributed by atoms with Gasteiger partial charge in [-0.25, -0.2) is 22.0 Å². The molecule has 0 bridgehead atoms. The Morgan fingerprint density at radius 2 is 1.48 bits per heavy atom. The Hall–Kier alpha value is -1.86. The number of carbonyl (C=O) groups is 1. The molecular formula is C13H12F5NO2. The van der Waals surface area contributed by atoms with Gasteiger partial charge in [0.2, 0.25) is 5.82 Å². The van der Waals surface area contributed by atoms with Gasteiger partial charge in [-0.3, -0.25) is 4.79 Å². The highest BCUT2D eigenvalue weighted by molar-refractivity contribution is 5.70. The second-order valence-corrected chi connectivity index (χ2v) is 4.99. The maximum atomic E-state index is 13.5. The molecule has 1 aromatic rings. The number of hydrogen-bond acceptors (Lipinski definition) is 2. The molecule has 116 valence electrons. The molecule has 8 heteroatoms. The molecule has 1 fully saturated rings. The Labute approximate surface area is 116 Å². The van der Waals surface area contributed by atoms with E-state index >= 15 is 0 Å². The topological polar surface area (TPSA) is 49.3 Å². The lowest BCUT2D eigenvalue weighted by Crippen LogP contribution is -2.31. The van der Waals surface area contributed by atoms with Crippen molar-refractivity contribution in [2.45, 2.75) is 31.7 Å². The van der Waals surface area contributed by atoms with Crippen LogP contribution in [0.5, 0.6) is 0 Å². The summed E-state index contributed by atoms with van der Waals surface area (Å²) in [6.45, 7) is 0. The van der Waals surface area contributed by atoms with Gasteiger partial charge in [0.15, 0.2) is 23.3 Å². The fourth-order valence-electron chi connectivity index (χ4n) is 2.48. The van der Waals surface area contributed by atoms with Crippen LogP contribution in [-0.2, 0) is 4.79 Å². The monoisotopic (exact) mass is 309 g/mol. The van der Waals surface area contributed by atoms with Crippen LogP contribution in [0.3, 0.4) is 0 Å². The molecular weight excluding hydrogens is 297 g/mol. The minimum atomic E-state index is -2.22. The fourth-order valence-corrected chi connectivity index (χ4v) is 2.48. The van der Waals surface area contributed by atoms with Crippen molar-refractivity contribution in [2.24, 2.45) is 5.92 Å². The molecule has 2 atom stereocenters. The van der Waals surface area contributed by atoms with Crippen LogP contribution in [0.2, 0.25) is 0 Å². The van der Waals surface area contributed by atoms with Crippen molar-refractivity contribution < 1.29 is 31.9 Å². The molecule has 2 N–H and O–H groups in total. The highest BCUT2D eigenvalue weighted by Crippen LogP contribution is 2.31. The number of nitrogens with one attached hydrogen (secondary N) is 1. The molecule has 0 radical (unpaired) electrons. The number of aliphatic carboxylic acids is 1. The number of carboxylic acid groups (broad SMARTS) is 1. The minimum Gasteiger partial charge on any atom is -0.481 e. The highest BCUT2D eigenvalue weighted by Gasteiger charge is 2.31. The van der Waals surface area contributed by atoms with Crippen LogP contribution in [-0.4, -0.2) is 17.1 Å². The summed E-state index contributed by atoms with van der Waals surface area (Å²) in [6.07, 6.45) is 1.37. The second kappa shape index (κ2) is 5.87. The average molecular weight is 309 g/mol. The fraction of sp³-hybridized carbons (Fsp3) is 0.462. The molecule has 0 saturated heterocycles. The van der Waals surface area contributed by atoms with Crippen molar-refractivity contribution in [3.05, 3.63) is 29.1 Å². The van der Waals surface area contributed by atoms with E-state index in [2.05, 4.69) is 5.32 Å². The molecule has 0 heterocycles. The molecule has 0 amide bonds. The standard InChI is InChI=1S/C13H12F5NO2/c14-7-8(15)10(17)12(11(18)9(7)16)19-6-3-1-2-5(4-6)13(20)21/h5-6,19H,1-4H2,(H,20,21). The van der Waals surface area contributed by atoms with Crippen LogP contribution in [0, 0.1) is 35.0 Å². The molecule has 1 saturated carbocycles. The SMILES string of the molecule is O=C(O)C1CCCC(Nc2c(F)c(F)c(F)c(F)c2F)C1. The Kier molecular flexibility index (Phi) is 4.34. The zero-order valence-electron chi connectivity index (χ0n) is 10.7. The first-order chi connectivity index (χ1) is 9.82.